The number of halogens is 1. The Morgan fingerprint density at radius 2 is 1.89 bits per heavy atom. The molecule has 0 unspecified atom stereocenters. The smallest absolute Gasteiger partial charge is 0.320 e. The molecule has 2 aromatic heterocycles. The lowest BCUT2D eigenvalue weighted by atomic mass is 10.2. The van der Waals surface area contributed by atoms with Gasteiger partial charge in [0.25, 0.3) is 0 Å². The number of hydrogen-bond donors (Lipinski definition) is 1. The minimum Gasteiger partial charge on any atom is -0.463 e. The Kier molecular flexibility index (Phi) is 8.62. The molecule has 0 bridgehead atoms. The molecule has 0 radical (unpaired) electrons. The van der Waals surface area contributed by atoms with Crippen LogP contribution >= 0.6 is 0 Å². The number of imidazole rings is 1. The van der Waals surface area contributed by atoms with Gasteiger partial charge in [0.1, 0.15) is 17.3 Å². The number of nitrogens with one attached hydrogen (secondary N) is 1. The average Bonchev–Trinajstić information content (AvgIpc) is 3.33. The zero-order chi connectivity index (χ0) is 26.2. The fourth-order valence-corrected chi connectivity index (χ4v) is 4.24. The molecule has 10 heteroatoms. The summed E-state index contributed by atoms with van der Waals surface area (Å²) in [4.78, 5) is 16.3. The lowest BCUT2D eigenvalue weighted by molar-refractivity contribution is 0.0398. The Hall–Kier alpha value is -3.76. The maximum absolute atomic E-state index is 13.2. The van der Waals surface area contributed by atoms with Crippen LogP contribution in [0.25, 0.3) is 11.2 Å². The molecule has 200 valence electrons. The first-order chi connectivity index (χ1) is 18.7. The van der Waals surface area contributed by atoms with E-state index in [4.69, 9.17) is 19.2 Å². The van der Waals surface area contributed by atoms with Gasteiger partial charge in [-0.3, -0.25) is 4.90 Å². The van der Waals surface area contributed by atoms with E-state index in [1.165, 1.54) is 12.1 Å². The molecule has 2 aromatic carbocycles. The second-order valence-electron chi connectivity index (χ2n) is 9.19. The van der Waals surface area contributed by atoms with Crippen LogP contribution in [0.5, 0.6) is 17.5 Å². The van der Waals surface area contributed by atoms with Crippen LogP contribution in [0.4, 0.5) is 10.2 Å². The van der Waals surface area contributed by atoms with Gasteiger partial charge in [-0.05, 0) is 48.4 Å². The van der Waals surface area contributed by atoms with Crippen LogP contribution in [-0.4, -0.2) is 70.4 Å². The van der Waals surface area contributed by atoms with Crippen molar-refractivity contribution in [2.24, 2.45) is 0 Å². The standard InChI is InChI=1S/C28H33FN6O3/c1-2-3-15-37-28-32-26(30-11-12-34-13-16-36-17-14-34)25-27(33-28)35(20-31-25)19-21-5-4-6-24(18-21)38-23-9-7-22(29)8-10-23/h4-10,18,20H,2-3,11-17,19H2,1H3,(H,30,32,33). The molecule has 0 saturated carbocycles. The summed E-state index contributed by atoms with van der Waals surface area (Å²) in [5.41, 5.74) is 2.41. The van der Waals surface area contributed by atoms with Crippen molar-refractivity contribution in [1.29, 1.82) is 0 Å². The molecule has 5 rings (SSSR count). The van der Waals surface area contributed by atoms with Crippen molar-refractivity contribution in [1.82, 2.24) is 24.4 Å². The van der Waals surface area contributed by atoms with Crippen LogP contribution in [-0.2, 0) is 11.3 Å². The molecule has 9 nitrogen and oxygen atoms in total. The van der Waals surface area contributed by atoms with E-state index in [2.05, 4.69) is 27.1 Å². The molecule has 1 aliphatic rings. The topological polar surface area (TPSA) is 86.6 Å². The first-order valence-electron chi connectivity index (χ1n) is 13.1. The van der Waals surface area contributed by atoms with Crippen LogP contribution in [0.15, 0.2) is 54.9 Å². The van der Waals surface area contributed by atoms with E-state index in [0.29, 0.717) is 47.6 Å². The summed E-state index contributed by atoms with van der Waals surface area (Å²) in [6, 6.07) is 14.1. The first-order valence-corrected chi connectivity index (χ1v) is 13.1. The number of fused-ring (bicyclic) bond motifs is 1. The molecule has 0 amide bonds. The maximum atomic E-state index is 13.2. The van der Waals surface area contributed by atoms with Gasteiger partial charge in [0.2, 0.25) is 0 Å². The third kappa shape index (κ3) is 6.76. The molecule has 1 saturated heterocycles. The molecular weight excluding hydrogens is 487 g/mol. The quantitative estimate of drug-likeness (QED) is 0.268. The molecule has 3 heterocycles. The van der Waals surface area contributed by atoms with Crippen molar-refractivity contribution in [2.75, 3.05) is 51.3 Å². The van der Waals surface area contributed by atoms with Gasteiger partial charge in [-0.15, -0.1) is 0 Å². The molecule has 0 spiro atoms. The van der Waals surface area contributed by atoms with Gasteiger partial charge < -0.3 is 24.1 Å². The van der Waals surface area contributed by atoms with Gasteiger partial charge in [0, 0.05) is 26.2 Å². The highest BCUT2D eigenvalue weighted by atomic mass is 19.1. The van der Waals surface area contributed by atoms with Gasteiger partial charge in [-0.25, -0.2) is 9.37 Å². The lowest BCUT2D eigenvalue weighted by Gasteiger charge is -2.26. The molecule has 1 aliphatic heterocycles. The molecular formula is C28H33FN6O3. The number of nitrogens with zero attached hydrogens (tertiary/aromatic N) is 5. The minimum absolute atomic E-state index is 0.298. The van der Waals surface area contributed by atoms with Crippen molar-refractivity contribution in [3.63, 3.8) is 0 Å². The van der Waals surface area contributed by atoms with Gasteiger partial charge >= 0.3 is 6.01 Å². The molecule has 4 aromatic rings. The van der Waals surface area contributed by atoms with Crippen molar-refractivity contribution in [3.05, 3.63) is 66.2 Å². The Labute approximate surface area is 221 Å². The summed E-state index contributed by atoms with van der Waals surface area (Å²) in [5.74, 6) is 1.61. The normalized spacial score (nSPS) is 14.1. The highest BCUT2D eigenvalue weighted by Gasteiger charge is 2.16. The Morgan fingerprint density at radius 3 is 2.71 bits per heavy atom. The highest BCUT2D eigenvalue weighted by molar-refractivity contribution is 5.83. The number of anilines is 1. The van der Waals surface area contributed by atoms with Crippen LogP contribution < -0.4 is 14.8 Å². The van der Waals surface area contributed by atoms with E-state index in [9.17, 15) is 4.39 Å². The molecule has 0 aliphatic carbocycles. The van der Waals surface area contributed by atoms with Crippen LogP contribution in [0, 0.1) is 5.82 Å². The Bertz CT molecular complexity index is 1320. The number of hydrogen-bond acceptors (Lipinski definition) is 8. The van der Waals surface area contributed by atoms with Crippen LogP contribution in [0.3, 0.4) is 0 Å². The summed E-state index contributed by atoms with van der Waals surface area (Å²) in [5, 5.41) is 3.45. The predicted molar refractivity (Wildman–Crippen MR) is 143 cm³/mol. The fraction of sp³-hybridized carbons (Fsp3) is 0.393. The SMILES string of the molecule is CCCCOc1nc(NCCN2CCOCC2)c2ncn(Cc3cccc(Oc4ccc(F)cc4)c3)c2n1. The number of morpholine rings is 1. The van der Waals surface area contributed by atoms with Gasteiger partial charge in [0.05, 0.1) is 32.7 Å². The van der Waals surface area contributed by atoms with Gasteiger partial charge in [-0.1, -0.05) is 25.5 Å². The van der Waals surface area contributed by atoms with Gasteiger partial charge in [-0.2, -0.15) is 9.97 Å². The monoisotopic (exact) mass is 520 g/mol. The zero-order valence-electron chi connectivity index (χ0n) is 21.6. The Morgan fingerprint density at radius 1 is 1.05 bits per heavy atom. The maximum Gasteiger partial charge on any atom is 0.320 e. The van der Waals surface area contributed by atoms with E-state index in [1.54, 1.807) is 18.5 Å². The molecule has 1 N–H and O–H groups in total. The zero-order valence-corrected chi connectivity index (χ0v) is 21.6. The summed E-state index contributed by atoms with van der Waals surface area (Å²) in [7, 11) is 0. The third-order valence-electron chi connectivity index (χ3n) is 6.30. The number of rotatable bonds is 12. The highest BCUT2D eigenvalue weighted by Crippen LogP contribution is 2.25. The predicted octanol–water partition coefficient (Wildman–Crippen LogP) is 4.73. The van der Waals surface area contributed by atoms with Crippen molar-refractivity contribution >= 4 is 17.0 Å². The van der Waals surface area contributed by atoms with E-state index < -0.39 is 0 Å². The van der Waals surface area contributed by atoms with E-state index in [0.717, 1.165) is 57.8 Å². The van der Waals surface area contributed by atoms with Crippen molar-refractivity contribution in [3.8, 4) is 17.5 Å². The second kappa shape index (κ2) is 12.7. The lowest BCUT2D eigenvalue weighted by Crippen LogP contribution is -2.39. The summed E-state index contributed by atoms with van der Waals surface area (Å²) < 4.78 is 32.4. The largest absolute Gasteiger partial charge is 0.463 e. The van der Waals surface area contributed by atoms with E-state index in [1.807, 2.05) is 28.8 Å². The number of benzene rings is 2. The first kappa shape index (κ1) is 25.9. The van der Waals surface area contributed by atoms with Crippen LogP contribution in [0.2, 0.25) is 0 Å². The fourth-order valence-electron chi connectivity index (χ4n) is 4.24. The van der Waals surface area contributed by atoms with Gasteiger partial charge in [0.15, 0.2) is 17.0 Å². The second-order valence-corrected chi connectivity index (χ2v) is 9.19. The number of ether oxygens (including phenoxy) is 3. The number of aromatic nitrogens is 4. The van der Waals surface area contributed by atoms with E-state index >= 15 is 0 Å². The van der Waals surface area contributed by atoms with Crippen LogP contribution in [0.1, 0.15) is 25.3 Å². The minimum atomic E-state index is -0.298. The molecule has 0 atom stereocenters. The summed E-state index contributed by atoms with van der Waals surface area (Å²) >= 11 is 0. The third-order valence-corrected chi connectivity index (χ3v) is 6.30. The summed E-state index contributed by atoms with van der Waals surface area (Å²) in [6.07, 6.45) is 3.73. The summed E-state index contributed by atoms with van der Waals surface area (Å²) in [6.45, 7) is 8.26. The molecule has 38 heavy (non-hydrogen) atoms. The van der Waals surface area contributed by atoms with Crippen molar-refractivity contribution in [2.45, 2.75) is 26.3 Å². The average molecular weight is 521 g/mol. The molecule has 1 fully saturated rings. The van der Waals surface area contributed by atoms with E-state index in [-0.39, 0.29) is 5.82 Å². The van der Waals surface area contributed by atoms with Crippen molar-refractivity contribution < 1.29 is 18.6 Å². The number of unbranched alkanes of at least 4 members (excludes halogenated alkanes) is 1. The Balaban J connectivity index is 1.34.